The van der Waals surface area contributed by atoms with Gasteiger partial charge in [-0.15, -0.1) is 0 Å². The van der Waals surface area contributed by atoms with Crippen LogP contribution in [0.25, 0.3) is 0 Å². The second kappa shape index (κ2) is 11.0. The van der Waals surface area contributed by atoms with E-state index in [-0.39, 0.29) is 0 Å². The summed E-state index contributed by atoms with van der Waals surface area (Å²) in [6.45, 7) is 1.14. The molecule has 0 aromatic carbocycles. The number of rotatable bonds is 2. The molecule has 0 amide bonds. The van der Waals surface area contributed by atoms with Gasteiger partial charge >= 0.3 is 0 Å². The summed E-state index contributed by atoms with van der Waals surface area (Å²) in [7, 11) is 0. The molecule has 1 aromatic heterocycles. The maximum atomic E-state index is 4.72. The highest BCUT2D eigenvalue weighted by molar-refractivity contribution is 5.11. The molecule has 3 nitrogen and oxygen atoms in total. The Kier molecular flexibility index (Phi) is 8.34. The minimum atomic E-state index is 0.469. The first-order valence-electron chi connectivity index (χ1n) is 11.2. The van der Waals surface area contributed by atoms with E-state index >= 15 is 0 Å². The minimum Gasteiger partial charge on any atom is -0.344 e. The van der Waals surface area contributed by atoms with E-state index in [0.29, 0.717) is 12.0 Å². The van der Waals surface area contributed by atoms with E-state index in [9.17, 15) is 0 Å². The van der Waals surface area contributed by atoms with Gasteiger partial charge in [-0.05, 0) is 32.2 Å². The molecule has 1 aliphatic carbocycles. The lowest BCUT2D eigenvalue weighted by atomic mass is 9.92. The van der Waals surface area contributed by atoms with Gasteiger partial charge in [-0.3, -0.25) is 0 Å². The first kappa shape index (κ1) is 18.9. The molecule has 142 valence electrons. The molecule has 1 atom stereocenters. The molecular weight excluding hydrogens is 306 g/mol. The molecule has 1 unspecified atom stereocenters. The molecule has 1 aromatic rings. The first-order valence-corrected chi connectivity index (χ1v) is 11.2. The maximum Gasteiger partial charge on any atom is 0.123 e. The molecule has 3 heteroatoms. The third kappa shape index (κ3) is 6.44. The van der Waals surface area contributed by atoms with Crippen LogP contribution >= 0.6 is 0 Å². The monoisotopic (exact) mass is 345 g/mol. The molecule has 3 rings (SSSR count). The normalized spacial score (nSPS) is 26.2. The SMILES string of the molecule is c1nc(C2CCCN2)[nH]c1C1CCCCCCCCCCCCCC1. The van der Waals surface area contributed by atoms with E-state index in [1.807, 2.05) is 0 Å². The van der Waals surface area contributed by atoms with Gasteiger partial charge in [0.25, 0.3) is 0 Å². The summed E-state index contributed by atoms with van der Waals surface area (Å²) < 4.78 is 0. The zero-order valence-electron chi connectivity index (χ0n) is 16.2. The van der Waals surface area contributed by atoms with Crippen molar-refractivity contribution in [3.05, 3.63) is 17.7 Å². The van der Waals surface area contributed by atoms with Crippen molar-refractivity contribution in [1.82, 2.24) is 15.3 Å². The number of nitrogens with zero attached hydrogens (tertiary/aromatic N) is 1. The van der Waals surface area contributed by atoms with Gasteiger partial charge in [-0.25, -0.2) is 4.98 Å². The third-order valence-electron chi connectivity index (χ3n) is 6.30. The molecule has 2 fully saturated rings. The molecule has 25 heavy (non-hydrogen) atoms. The summed E-state index contributed by atoms with van der Waals surface area (Å²) in [5, 5.41) is 3.57. The number of hydrogen-bond donors (Lipinski definition) is 2. The van der Waals surface area contributed by atoms with Crippen LogP contribution in [0.4, 0.5) is 0 Å². The van der Waals surface area contributed by atoms with Gasteiger partial charge in [0, 0.05) is 17.8 Å². The van der Waals surface area contributed by atoms with Crippen molar-refractivity contribution in [3.8, 4) is 0 Å². The largest absolute Gasteiger partial charge is 0.344 e. The van der Waals surface area contributed by atoms with Crippen molar-refractivity contribution in [1.29, 1.82) is 0 Å². The summed E-state index contributed by atoms with van der Waals surface area (Å²) in [6, 6.07) is 0.469. The summed E-state index contributed by atoms with van der Waals surface area (Å²) in [5.74, 6) is 1.89. The van der Waals surface area contributed by atoms with Crippen molar-refractivity contribution in [2.75, 3.05) is 6.54 Å². The maximum absolute atomic E-state index is 4.72. The highest BCUT2D eigenvalue weighted by Crippen LogP contribution is 2.30. The standard InChI is InChI=1S/C22H39N3/c1-2-4-6-8-10-12-15-19(14-11-9-7-5-3-1)21-18-24-22(25-21)20-16-13-17-23-20/h18-20,23H,1-17H2,(H,24,25). The van der Waals surface area contributed by atoms with Crippen LogP contribution in [0.2, 0.25) is 0 Å². The Balaban J connectivity index is 1.54. The van der Waals surface area contributed by atoms with E-state index in [1.165, 1.54) is 114 Å². The number of aromatic amines is 1. The van der Waals surface area contributed by atoms with Crippen LogP contribution in [0.3, 0.4) is 0 Å². The van der Waals surface area contributed by atoms with Crippen LogP contribution in [0.5, 0.6) is 0 Å². The van der Waals surface area contributed by atoms with Gasteiger partial charge in [0.05, 0.1) is 6.04 Å². The first-order chi connectivity index (χ1) is 12.4. The lowest BCUT2D eigenvalue weighted by molar-refractivity contribution is 0.485. The van der Waals surface area contributed by atoms with Crippen molar-refractivity contribution < 1.29 is 0 Å². The van der Waals surface area contributed by atoms with Gasteiger partial charge in [-0.2, -0.15) is 0 Å². The van der Waals surface area contributed by atoms with E-state index in [4.69, 9.17) is 4.98 Å². The Morgan fingerprint density at radius 2 is 1.24 bits per heavy atom. The molecular formula is C22H39N3. The summed E-state index contributed by atoms with van der Waals surface area (Å²) >= 11 is 0. The fourth-order valence-electron chi connectivity index (χ4n) is 4.66. The second-order valence-corrected chi connectivity index (χ2v) is 8.39. The highest BCUT2D eigenvalue weighted by Gasteiger charge is 2.21. The molecule has 0 spiro atoms. The molecule has 1 saturated carbocycles. The number of aromatic nitrogens is 2. The Morgan fingerprint density at radius 1 is 0.680 bits per heavy atom. The topological polar surface area (TPSA) is 40.7 Å². The lowest BCUT2D eigenvalue weighted by Gasteiger charge is -2.16. The molecule has 1 aliphatic heterocycles. The van der Waals surface area contributed by atoms with E-state index in [0.717, 1.165) is 6.54 Å². The average molecular weight is 346 g/mol. The predicted octanol–water partition coefficient (Wildman–Crippen LogP) is 6.39. The molecule has 0 bridgehead atoms. The Labute approximate surface area is 154 Å². The molecule has 0 radical (unpaired) electrons. The highest BCUT2D eigenvalue weighted by atomic mass is 15.0. The predicted molar refractivity (Wildman–Crippen MR) is 106 cm³/mol. The summed E-state index contributed by atoms with van der Waals surface area (Å²) in [6.07, 6.45) is 24.6. The third-order valence-corrected chi connectivity index (χ3v) is 6.30. The van der Waals surface area contributed by atoms with Crippen molar-refractivity contribution in [2.45, 2.75) is 115 Å². The van der Waals surface area contributed by atoms with Crippen LogP contribution in [-0.4, -0.2) is 16.5 Å². The zero-order chi connectivity index (χ0) is 17.2. The van der Waals surface area contributed by atoms with E-state index in [2.05, 4.69) is 16.5 Å². The van der Waals surface area contributed by atoms with Gasteiger partial charge < -0.3 is 10.3 Å². The quantitative estimate of drug-likeness (QED) is 0.651. The smallest absolute Gasteiger partial charge is 0.123 e. The fraction of sp³-hybridized carbons (Fsp3) is 0.864. The second-order valence-electron chi connectivity index (χ2n) is 8.39. The number of H-pyrrole nitrogens is 1. The number of nitrogens with one attached hydrogen (secondary N) is 2. The van der Waals surface area contributed by atoms with E-state index in [1.54, 1.807) is 0 Å². The van der Waals surface area contributed by atoms with Crippen LogP contribution in [-0.2, 0) is 0 Å². The minimum absolute atomic E-state index is 0.469. The lowest BCUT2D eigenvalue weighted by Crippen LogP contribution is -2.14. The van der Waals surface area contributed by atoms with Crippen molar-refractivity contribution in [2.24, 2.45) is 0 Å². The van der Waals surface area contributed by atoms with Crippen molar-refractivity contribution in [3.63, 3.8) is 0 Å². The molecule has 2 heterocycles. The van der Waals surface area contributed by atoms with Gasteiger partial charge in [0.2, 0.25) is 0 Å². The van der Waals surface area contributed by atoms with Crippen LogP contribution in [0, 0.1) is 0 Å². The molecule has 2 aliphatic rings. The van der Waals surface area contributed by atoms with Crippen LogP contribution < -0.4 is 5.32 Å². The Bertz CT molecular complexity index is 446. The molecule has 1 saturated heterocycles. The Hall–Kier alpha value is -0.830. The fourth-order valence-corrected chi connectivity index (χ4v) is 4.66. The number of imidazole rings is 1. The summed E-state index contributed by atoms with van der Waals surface area (Å²) in [4.78, 5) is 8.42. The molecule has 2 N–H and O–H groups in total. The average Bonchev–Trinajstić information content (AvgIpc) is 3.30. The van der Waals surface area contributed by atoms with E-state index < -0.39 is 0 Å². The van der Waals surface area contributed by atoms with Crippen LogP contribution in [0.15, 0.2) is 6.20 Å². The van der Waals surface area contributed by atoms with Crippen LogP contribution in [0.1, 0.15) is 126 Å². The van der Waals surface area contributed by atoms with Gasteiger partial charge in [-0.1, -0.05) is 77.0 Å². The Morgan fingerprint density at radius 3 is 1.76 bits per heavy atom. The van der Waals surface area contributed by atoms with Crippen molar-refractivity contribution >= 4 is 0 Å². The van der Waals surface area contributed by atoms with Gasteiger partial charge in [0.15, 0.2) is 0 Å². The summed E-state index contributed by atoms with van der Waals surface area (Å²) in [5.41, 5.74) is 1.41. The van der Waals surface area contributed by atoms with Gasteiger partial charge in [0.1, 0.15) is 5.82 Å². The number of hydrogen-bond acceptors (Lipinski definition) is 2. The zero-order valence-corrected chi connectivity index (χ0v) is 16.2.